The van der Waals surface area contributed by atoms with Crippen LogP contribution in [0.4, 0.5) is 0 Å². The van der Waals surface area contributed by atoms with E-state index in [2.05, 4.69) is 10.3 Å². The second-order valence-electron chi connectivity index (χ2n) is 8.80. The summed E-state index contributed by atoms with van der Waals surface area (Å²) in [5.74, 6) is -3.18. The molecule has 0 bridgehead atoms. The molecule has 10 nitrogen and oxygen atoms in total. The van der Waals surface area contributed by atoms with Gasteiger partial charge in [-0.3, -0.25) is 14.6 Å². The lowest BCUT2D eigenvalue weighted by Gasteiger charge is -2.44. The summed E-state index contributed by atoms with van der Waals surface area (Å²) in [4.78, 5) is 42.6. The number of β-lactam (4-membered cyclic amide) rings is 1. The van der Waals surface area contributed by atoms with E-state index in [9.17, 15) is 29.7 Å². The number of hydrogen-bond donors (Lipinski definition) is 4. The molecule has 2 heterocycles. The van der Waals surface area contributed by atoms with Crippen LogP contribution in [0.2, 0.25) is 0 Å². The van der Waals surface area contributed by atoms with Crippen LogP contribution < -0.4 is 5.32 Å². The predicted octanol–water partition coefficient (Wildman–Crippen LogP) is 2.04. The number of carbonyl (C=O) groups is 3. The predicted molar refractivity (Wildman–Crippen MR) is 130 cm³/mol. The van der Waals surface area contributed by atoms with Gasteiger partial charge < -0.3 is 30.3 Å². The van der Waals surface area contributed by atoms with Gasteiger partial charge in [0.05, 0.1) is 30.3 Å². The third-order valence-electron chi connectivity index (χ3n) is 6.32. The number of hydrogen-bond acceptors (Lipinski definition) is 9. The van der Waals surface area contributed by atoms with Crippen LogP contribution in [0.5, 0.6) is 0 Å². The number of esters is 2. The van der Waals surface area contributed by atoms with Crippen molar-refractivity contribution >= 4 is 29.1 Å². The Morgan fingerprint density at radius 2 is 1.89 bits per heavy atom. The molecule has 0 saturated carbocycles. The minimum atomic E-state index is -0.892. The van der Waals surface area contributed by atoms with Gasteiger partial charge in [-0.2, -0.15) is 0 Å². The fourth-order valence-electron chi connectivity index (χ4n) is 4.67. The molecular formula is C26H27N3O7. The SMILES string of the molecule is CN/C=C1/C=C(O)C(O)=C/C1=N\Cc1ccc(C2=C(C(=O)OC(C)=O)N3C(=O)[C@H]([C@@H](C)O)C3C2)cc1. The average Bonchev–Trinajstić information content (AvgIpc) is 3.15. The van der Waals surface area contributed by atoms with E-state index in [1.165, 1.54) is 24.0 Å². The zero-order chi connectivity index (χ0) is 26.1. The number of carbonyl (C=O) groups excluding carboxylic acids is 3. The van der Waals surface area contributed by atoms with Crippen LogP contribution in [0, 0.1) is 5.92 Å². The van der Waals surface area contributed by atoms with Gasteiger partial charge in [-0.05, 0) is 36.1 Å². The van der Waals surface area contributed by atoms with E-state index in [1.54, 1.807) is 25.4 Å². The molecule has 4 rings (SSSR count). The Morgan fingerprint density at radius 3 is 2.50 bits per heavy atom. The lowest BCUT2D eigenvalue weighted by Crippen LogP contribution is -2.61. The molecule has 1 unspecified atom stereocenters. The van der Waals surface area contributed by atoms with Crippen LogP contribution >= 0.6 is 0 Å². The van der Waals surface area contributed by atoms with Crippen LogP contribution in [0.1, 0.15) is 31.4 Å². The number of aliphatic imine (C=N–C) groups is 1. The maximum Gasteiger partial charge on any atom is 0.363 e. The Kier molecular flexibility index (Phi) is 6.80. The Morgan fingerprint density at radius 1 is 1.22 bits per heavy atom. The highest BCUT2D eigenvalue weighted by atomic mass is 16.6. The van der Waals surface area contributed by atoms with Gasteiger partial charge in [-0.15, -0.1) is 0 Å². The molecule has 10 heteroatoms. The van der Waals surface area contributed by atoms with Crippen LogP contribution in [0.25, 0.3) is 5.57 Å². The van der Waals surface area contributed by atoms with Gasteiger partial charge in [0.1, 0.15) is 5.70 Å². The zero-order valence-corrected chi connectivity index (χ0v) is 20.1. The maximum absolute atomic E-state index is 12.7. The molecule has 1 amide bonds. The van der Waals surface area contributed by atoms with Gasteiger partial charge >= 0.3 is 11.9 Å². The first-order valence-corrected chi connectivity index (χ1v) is 11.4. The summed E-state index contributed by atoms with van der Waals surface area (Å²) in [6.07, 6.45) is 3.93. The topological polar surface area (TPSA) is 149 Å². The molecule has 1 fully saturated rings. The summed E-state index contributed by atoms with van der Waals surface area (Å²) in [6.45, 7) is 2.94. The van der Waals surface area contributed by atoms with Crippen molar-refractivity contribution in [3.63, 3.8) is 0 Å². The molecule has 2 aliphatic heterocycles. The van der Waals surface area contributed by atoms with Crippen molar-refractivity contribution in [1.29, 1.82) is 0 Å². The summed E-state index contributed by atoms with van der Waals surface area (Å²) >= 11 is 0. The molecule has 1 aromatic carbocycles. The summed E-state index contributed by atoms with van der Waals surface area (Å²) in [5.41, 5.74) is 3.23. The quantitative estimate of drug-likeness (QED) is 0.267. The first-order valence-electron chi connectivity index (χ1n) is 11.4. The van der Waals surface area contributed by atoms with Gasteiger partial charge in [0.2, 0.25) is 5.91 Å². The Balaban J connectivity index is 1.60. The van der Waals surface area contributed by atoms with Crippen molar-refractivity contribution in [2.45, 2.75) is 39.0 Å². The van der Waals surface area contributed by atoms with Gasteiger partial charge in [-0.1, -0.05) is 24.3 Å². The summed E-state index contributed by atoms with van der Waals surface area (Å²) in [6, 6.07) is 6.87. The van der Waals surface area contributed by atoms with Crippen LogP contribution in [0.15, 0.2) is 70.4 Å². The molecule has 1 saturated heterocycles. The third-order valence-corrected chi connectivity index (χ3v) is 6.32. The van der Waals surface area contributed by atoms with Crippen molar-refractivity contribution in [1.82, 2.24) is 10.2 Å². The lowest BCUT2D eigenvalue weighted by atomic mass is 9.82. The Labute approximate surface area is 207 Å². The number of aliphatic hydroxyl groups is 3. The first-order chi connectivity index (χ1) is 17.1. The molecule has 1 aromatic rings. The molecule has 4 N–H and O–H groups in total. The van der Waals surface area contributed by atoms with E-state index < -0.39 is 24.0 Å². The number of rotatable bonds is 6. The standard InChI is InChI=1S/C26H27N3O7/c1-13(30)23-20-9-18(24(29(20)25(23)34)26(35)36-14(2)31)16-6-4-15(5-7-16)11-28-19-10-22(33)21(32)8-17(19)12-27-3/h4-8,10,12-13,20,23,27,30,32-33H,9,11H2,1-3H3/b17-12-,28-19+/t13-,20?,23-/m1/s1. The van der Waals surface area contributed by atoms with E-state index in [1.807, 2.05) is 12.1 Å². The van der Waals surface area contributed by atoms with Gasteiger partial charge in [-0.25, -0.2) is 4.79 Å². The molecule has 0 radical (unpaired) electrons. The molecule has 188 valence electrons. The maximum atomic E-state index is 12.7. The Bertz CT molecular complexity index is 1270. The summed E-state index contributed by atoms with van der Waals surface area (Å²) < 4.78 is 4.79. The van der Waals surface area contributed by atoms with Crippen molar-refractivity contribution in [3.05, 3.63) is 76.5 Å². The molecule has 1 aliphatic carbocycles. The highest BCUT2D eigenvalue weighted by Gasteiger charge is 2.57. The van der Waals surface area contributed by atoms with Crippen molar-refractivity contribution in [3.8, 4) is 0 Å². The van der Waals surface area contributed by atoms with E-state index in [4.69, 9.17) is 4.74 Å². The molecule has 0 spiro atoms. The minimum absolute atomic E-state index is 0.0290. The second kappa shape index (κ2) is 9.82. The second-order valence-corrected chi connectivity index (χ2v) is 8.80. The normalized spacial score (nSPS) is 24.2. The number of nitrogens with one attached hydrogen (secondary N) is 1. The monoisotopic (exact) mass is 493 g/mol. The average molecular weight is 494 g/mol. The highest BCUT2D eigenvalue weighted by molar-refractivity contribution is 6.12. The van der Waals surface area contributed by atoms with Gasteiger partial charge in [0, 0.05) is 31.8 Å². The van der Waals surface area contributed by atoms with Crippen LogP contribution in [-0.4, -0.2) is 63.0 Å². The zero-order valence-electron chi connectivity index (χ0n) is 20.1. The largest absolute Gasteiger partial charge is 0.504 e. The van der Waals surface area contributed by atoms with E-state index in [0.29, 0.717) is 28.8 Å². The van der Waals surface area contributed by atoms with Crippen molar-refractivity contribution in [2.24, 2.45) is 10.9 Å². The molecule has 0 aromatic heterocycles. The fraction of sp³-hybridized carbons (Fsp3) is 0.308. The number of benzene rings is 1. The van der Waals surface area contributed by atoms with Crippen LogP contribution in [0.3, 0.4) is 0 Å². The number of nitrogens with zero attached hydrogens (tertiary/aromatic N) is 2. The van der Waals surface area contributed by atoms with E-state index in [-0.39, 0.29) is 35.7 Å². The molecule has 3 atom stereocenters. The number of amides is 1. The summed E-state index contributed by atoms with van der Waals surface area (Å²) in [7, 11) is 1.71. The summed E-state index contributed by atoms with van der Waals surface area (Å²) in [5, 5.41) is 32.5. The molecule has 3 aliphatic rings. The number of ether oxygens (including phenoxy) is 1. The Hall–Kier alpha value is -4.18. The van der Waals surface area contributed by atoms with Crippen molar-refractivity contribution in [2.75, 3.05) is 7.05 Å². The molecule has 36 heavy (non-hydrogen) atoms. The van der Waals surface area contributed by atoms with Gasteiger partial charge in [0.25, 0.3) is 0 Å². The number of allylic oxidation sites excluding steroid dienone is 3. The smallest absolute Gasteiger partial charge is 0.363 e. The van der Waals surface area contributed by atoms with Gasteiger partial charge in [0.15, 0.2) is 11.5 Å². The minimum Gasteiger partial charge on any atom is -0.504 e. The lowest BCUT2D eigenvalue weighted by molar-refractivity contribution is -0.165. The fourth-order valence-corrected chi connectivity index (χ4v) is 4.67. The molecular weight excluding hydrogens is 466 g/mol. The number of aliphatic hydroxyl groups excluding tert-OH is 3. The van der Waals surface area contributed by atoms with E-state index in [0.717, 1.165) is 12.5 Å². The van der Waals surface area contributed by atoms with Crippen molar-refractivity contribution < 1.29 is 34.4 Å². The van der Waals surface area contributed by atoms with E-state index >= 15 is 0 Å². The number of fused-ring (bicyclic) bond motifs is 1. The van der Waals surface area contributed by atoms with Crippen LogP contribution in [-0.2, 0) is 25.7 Å². The first kappa shape index (κ1) is 24.9. The highest BCUT2D eigenvalue weighted by Crippen LogP contribution is 2.47. The third kappa shape index (κ3) is 4.55.